The molecular formula is C10H17ClN2O2S2. The van der Waals surface area contributed by atoms with Gasteiger partial charge in [0.1, 0.15) is 4.21 Å². The molecule has 0 unspecified atom stereocenters. The van der Waals surface area contributed by atoms with Gasteiger partial charge < -0.3 is 5.73 Å². The Hall–Kier alpha value is -0.140. The van der Waals surface area contributed by atoms with Crippen LogP contribution >= 0.6 is 22.9 Å². The maximum absolute atomic E-state index is 12.1. The third kappa shape index (κ3) is 3.42. The molecule has 0 radical (unpaired) electrons. The molecule has 7 heteroatoms. The van der Waals surface area contributed by atoms with E-state index in [2.05, 4.69) is 4.72 Å². The van der Waals surface area contributed by atoms with Gasteiger partial charge in [0, 0.05) is 12.1 Å². The smallest absolute Gasteiger partial charge is 0.250 e. The van der Waals surface area contributed by atoms with Gasteiger partial charge in [-0.05, 0) is 25.0 Å². The van der Waals surface area contributed by atoms with Crippen molar-refractivity contribution in [2.75, 3.05) is 6.54 Å². The molecule has 0 bridgehead atoms. The molecule has 1 heterocycles. The summed E-state index contributed by atoms with van der Waals surface area (Å²) in [4.78, 5) is 0. The molecule has 1 rings (SSSR count). The summed E-state index contributed by atoms with van der Waals surface area (Å²) in [6, 6.07) is 3.07. The Morgan fingerprint density at radius 1 is 1.41 bits per heavy atom. The average Bonchev–Trinajstić information content (AvgIpc) is 2.74. The van der Waals surface area contributed by atoms with E-state index >= 15 is 0 Å². The lowest BCUT2D eigenvalue weighted by molar-refractivity contribution is 0.363. The molecule has 0 aliphatic heterocycles. The van der Waals surface area contributed by atoms with Gasteiger partial charge in [0.25, 0.3) is 10.0 Å². The standard InChI is InChI=1S/C10H17ClN2O2S2/c1-3-10(4-2,7-12)13-17(14,15)9-6-5-8(11)16-9/h5-6,13H,3-4,7,12H2,1-2H3. The minimum atomic E-state index is -3.53. The molecule has 0 spiro atoms. The van der Waals surface area contributed by atoms with E-state index in [1.54, 1.807) is 6.07 Å². The highest BCUT2D eigenvalue weighted by Gasteiger charge is 2.31. The zero-order chi connectivity index (χ0) is 13.1. The van der Waals surface area contributed by atoms with E-state index in [9.17, 15) is 8.42 Å². The molecule has 0 atom stereocenters. The third-order valence-corrected chi connectivity index (χ3v) is 6.21. The molecule has 0 aliphatic rings. The summed E-state index contributed by atoms with van der Waals surface area (Å²) in [6.45, 7) is 4.11. The van der Waals surface area contributed by atoms with Crippen molar-refractivity contribution in [1.82, 2.24) is 4.72 Å². The quantitative estimate of drug-likeness (QED) is 0.845. The molecule has 0 aliphatic carbocycles. The molecule has 17 heavy (non-hydrogen) atoms. The van der Waals surface area contributed by atoms with Crippen LogP contribution < -0.4 is 10.5 Å². The van der Waals surface area contributed by atoms with E-state index in [0.717, 1.165) is 11.3 Å². The summed E-state index contributed by atoms with van der Waals surface area (Å²) < 4.78 is 27.6. The summed E-state index contributed by atoms with van der Waals surface area (Å²) in [5, 5.41) is 0. The number of nitrogens with one attached hydrogen (secondary N) is 1. The van der Waals surface area contributed by atoms with Crippen molar-refractivity contribution >= 4 is 33.0 Å². The van der Waals surface area contributed by atoms with Crippen LogP contribution in [0.4, 0.5) is 0 Å². The van der Waals surface area contributed by atoms with Gasteiger partial charge in [0.05, 0.1) is 4.34 Å². The molecule has 0 fully saturated rings. The van der Waals surface area contributed by atoms with Crippen LogP contribution in [0.5, 0.6) is 0 Å². The number of hydrogen-bond donors (Lipinski definition) is 2. The zero-order valence-corrected chi connectivity index (χ0v) is 12.3. The van der Waals surface area contributed by atoms with Crippen LogP contribution in [0, 0.1) is 0 Å². The molecular weight excluding hydrogens is 280 g/mol. The van der Waals surface area contributed by atoms with Crippen molar-refractivity contribution in [2.45, 2.75) is 36.4 Å². The predicted molar refractivity (Wildman–Crippen MR) is 72.0 cm³/mol. The van der Waals surface area contributed by atoms with Gasteiger partial charge in [0.2, 0.25) is 0 Å². The van der Waals surface area contributed by atoms with Gasteiger partial charge in [-0.15, -0.1) is 11.3 Å². The van der Waals surface area contributed by atoms with Gasteiger partial charge in [-0.2, -0.15) is 0 Å². The number of hydrogen-bond acceptors (Lipinski definition) is 4. The van der Waals surface area contributed by atoms with Gasteiger partial charge >= 0.3 is 0 Å². The first kappa shape index (κ1) is 14.9. The Balaban J connectivity index is 3.00. The summed E-state index contributed by atoms with van der Waals surface area (Å²) in [7, 11) is -3.53. The van der Waals surface area contributed by atoms with E-state index in [4.69, 9.17) is 17.3 Å². The van der Waals surface area contributed by atoms with Crippen molar-refractivity contribution in [1.29, 1.82) is 0 Å². The molecule has 98 valence electrons. The van der Waals surface area contributed by atoms with Crippen LogP contribution in [0.1, 0.15) is 26.7 Å². The summed E-state index contributed by atoms with van der Waals surface area (Å²) >= 11 is 6.78. The number of rotatable bonds is 6. The maximum atomic E-state index is 12.1. The predicted octanol–water partition coefficient (Wildman–Crippen LogP) is 2.20. The second-order valence-corrected chi connectivity index (χ2v) is 7.48. The zero-order valence-electron chi connectivity index (χ0n) is 9.86. The highest BCUT2D eigenvalue weighted by Crippen LogP contribution is 2.27. The second-order valence-electron chi connectivity index (χ2n) is 3.86. The average molecular weight is 297 g/mol. The number of sulfonamides is 1. The molecule has 3 N–H and O–H groups in total. The lowest BCUT2D eigenvalue weighted by Crippen LogP contribution is -2.52. The minimum Gasteiger partial charge on any atom is -0.329 e. The van der Waals surface area contributed by atoms with Gasteiger partial charge in [0.15, 0.2) is 0 Å². The minimum absolute atomic E-state index is 0.224. The van der Waals surface area contributed by atoms with Gasteiger partial charge in [-0.25, -0.2) is 13.1 Å². The first-order valence-corrected chi connectivity index (χ1v) is 8.06. The third-order valence-electron chi connectivity index (χ3n) is 2.91. The van der Waals surface area contributed by atoms with Crippen LogP contribution in [-0.4, -0.2) is 20.5 Å². The monoisotopic (exact) mass is 296 g/mol. The van der Waals surface area contributed by atoms with Crippen LogP contribution in [-0.2, 0) is 10.0 Å². The second kappa shape index (κ2) is 5.67. The molecule has 1 aromatic rings. The Labute approximate surface area is 111 Å². The Kier molecular flexibility index (Phi) is 4.97. The van der Waals surface area contributed by atoms with Crippen LogP contribution in [0.15, 0.2) is 16.3 Å². The number of thiophene rings is 1. The van der Waals surface area contributed by atoms with E-state index in [0.29, 0.717) is 17.2 Å². The number of halogens is 1. The molecule has 4 nitrogen and oxygen atoms in total. The van der Waals surface area contributed by atoms with Crippen LogP contribution in [0.25, 0.3) is 0 Å². The maximum Gasteiger partial charge on any atom is 0.250 e. The fourth-order valence-electron chi connectivity index (χ4n) is 1.50. The Bertz CT molecular complexity index is 458. The Morgan fingerprint density at radius 2 is 2.00 bits per heavy atom. The summed E-state index contributed by atoms with van der Waals surface area (Å²) in [5.74, 6) is 0. The first-order chi connectivity index (χ1) is 7.89. The van der Waals surface area contributed by atoms with Gasteiger partial charge in [-0.1, -0.05) is 25.4 Å². The molecule has 0 saturated heterocycles. The van der Waals surface area contributed by atoms with E-state index in [1.165, 1.54) is 6.07 Å². The lowest BCUT2D eigenvalue weighted by Gasteiger charge is -2.30. The molecule has 0 saturated carbocycles. The van der Waals surface area contributed by atoms with Crippen LogP contribution in [0.3, 0.4) is 0 Å². The van der Waals surface area contributed by atoms with Crippen molar-refractivity contribution in [3.8, 4) is 0 Å². The summed E-state index contributed by atoms with van der Waals surface area (Å²) in [5.41, 5.74) is 5.10. The molecule has 0 amide bonds. The fourth-order valence-corrected chi connectivity index (χ4v) is 4.54. The highest BCUT2D eigenvalue weighted by molar-refractivity contribution is 7.91. The van der Waals surface area contributed by atoms with E-state index < -0.39 is 15.6 Å². The van der Waals surface area contributed by atoms with Crippen molar-refractivity contribution in [3.63, 3.8) is 0 Å². The topological polar surface area (TPSA) is 72.2 Å². The van der Waals surface area contributed by atoms with Crippen molar-refractivity contribution < 1.29 is 8.42 Å². The normalized spacial score (nSPS) is 12.9. The highest BCUT2D eigenvalue weighted by atomic mass is 35.5. The van der Waals surface area contributed by atoms with Crippen LogP contribution in [0.2, 0.25) is 4.34 Å². The molecule has 1 aromatic heterocycles. The first-order valence-electron chi connectivity index (χ1n) is 5.38. The molecule has 0 aromatic carbocycles. The largest absolute Gasteiger partial charge is 0.329 e. The Morgan fingerprint density at radius 3 is 2.35 bits per heavy atom. The number of nitrogens with two attached hydrogens (primary N) is 1. The summed E-state index contributed by atoms with van der Waals surface area (Å²) in [6.07, 6.45) is 1.30. The lowest BCUT2D eigenvalue weighted by atomic mass is 9.95. The van der Waals surface area contributed by atoms with Gasteiger partial charge in [-0.3, -0.25) is 0 Å². The SMILES string of the molecule is CCC(CC)(CN)NS(=O)(=O)c1ccc(Cl)s1. The fraction of sp³-hybridized carbons (Fsp3) is 0.600. The van der Waals surface area contributed by atoms with Crippen molar-refractivity contribution in [3.05, 3.63) is 16.5 Å². The van der Waals surface area contributed by atoms with E-state index in [1.807, 2.05) is 13.8 Å². The van der Waals surface area contributed by atoms with Crippen molar-refractivity contribution in [2.24, 2.45) is 5.73 Å². The van der Waals surface area contributed by atoms with E-state index in [-0.39, 0.29) is 10.8 Å².